The molecule has 1 heterocycles. The van der Waals surface area contributed by atoms with Crippen LogP contribution in [0.3, 0.4) is 0 Å². The van der Waals surface area contributed by atoms with Crippen molar-refractivity contribution in [3.63, 3.8) is 0 Å². The highest BCUT2D eigenvalue weighted by atomic mass is 79.9. The van der Waals surface area contributed by atoms with Gasteiger partial charge < -0.3 is 0 Å². The summed E-state index contributed by atoms with van der Waals surface area (Å²) in [7, 11) is 0. The molecular formula is C9H10BrCl2NS. The van der Waals surface area contributed by atoms with Crippen molar-refractivity contribution in [2.24, 2.45) is 0 Å². The third kappa shape index (κ3) is 3.61. The number of aromatic nitrogens is 1. The van der Waals surface area contributed by atoms with E-state index in [1.54, 1.807) is 18.0 Å². The van der Waals surface area contributed by atoms with Crippen LogP contribution < -0.4 is 0 Å². The van der Waals surface area contributed by atoms with Crippen molar-refractivity contribution in [3.05, 3.63) is 21.8 Å². The fourth-order valence-electron chi connectivity index (χ4n) is 0.766. The molecule has 0 spiro atoms. The standard InChI is InChI=1S/C9H10BrCl2NS/c1-9(2,5-11)14-8-7(12)3-6(10)4-13-8/h3-4H,5H2,1-2H3. The Bertz CT molecular complexity index is 331. The average Bonchev–Trinajstić information content (AvgIpc) is 2.10. The zero-order chi connectivity index (χ0) is 10.8. The molecule has 0 saturated carbocycles. The lowest BCUT2D eigenvalue weighted by Crippen LogP contribution is -2.16. The number of hydrogen-bond acceptors (Lipinski definition) is 2. The van der Waals surface area contributed by atoms with Crippen LogP contribution in [0.4, 0.5) is 0 Å². The van der Waals surface area contributed by atoms with Gasteiger partial charge in [0.2, 0.25) is 0 Å². The van der Waals surface area contributed by atoms with Crippen molar-refractivity contribution in [2.75, 3.05) is 5.88 Å². The SMILES string of the molecule is CC(C)(CCl)Sc1ncc(Br)cc1Cl. The second kappa shape index (κ2) is 5.06. The lowest BCUT2D eigenvalue weighted by Gasteiger charge is -2.20. The highest BCUT2D eigenvalue weighted by molar-refractivity contribution is 9.10. The summed E-state index contributed by atoms with van der Waals surface area (Å²) in [5.74, 6) is 0.561. The monoisotopic (exact) mass is 313 g/mol. The van der Waals surface area contributed by atoms with Gasteiger partial charge in [0.1, 0.15) is 5.03 Å². The molecule has 0 bridgehead atoms. The molecule has 1 rings (SSSR count). The van der Waals surface area contributed by atoms with Gasteiger partial charge in [0.15, 0.2) is 0 Å². The average molecular weight is 315 g/mol. The topological polar surface area (TPSA) is 12.9 Å². The van der Waals surface area contributed by atoms with Crippen LogP contribution in [0, 0.1) is 0 Å². The Morgan fingerprint density at radius 3 is 2.71 bits per heavy atom. The highest BCUT2D eigenvalue weighted by Gasteiger charge is 2.20. The Kier molecular flexibility index (Phi) is 4.56. The van der Waals surface area contributed by atoms with Gasteiger partial charge in [-0.15, -0.1) is 11.6 Å². The maximum atomic E-state index is 6.04. The molecule has 14 heavy (non-hydrogen) atoms. The van der Waals surface area contributed by atoms with Crippen LogP contribution >= 0.6 is 50.9 Å². The first-order valence-corrected chi connectivity index (χ1v) is 6.53. The summed E-state index contributed by atoms with van der Waals surface area (Å²) >= 11 is 16.8. The van der Waals surface area contributed by atoms with E-state index in [1.165, 1.54) is 0 Å². The molecule has 1 nitrogen and oxygen atoms in total. The molecule has 0 atom stereocenters. The molecule has 0 aliphatic heterocycles. The molecular weight excluding hydrogens is 305 g/mol. The van der Waals surface area contributed by atoms with Crippen molar-refractivity contribution in [3.8, 4) is 0 Å². The minimum atomic E-state index is -0.0496. The number of halogens is 3. The van der Waals surface area contributed by atoms with Crippen LogP contribution in [0.2, 0.25) is 5.02 Å². The van der Waals surface area contributed by atoms with Gasteiger partial charge >= 0.3 is 0 Å². The molecule has 78 valence electrons. The molecule has 0 radical (unpaired) electrons. The lowest BCUT2D eigenvalue weighted by molar-refractivity contribution is 0.807. The van der Waals surface area contributed by atoms with Crippen molar-refractivity contribution in [2.45, 2.75) is 23.6 Å². The quantitative estimate of drug-likeness (QED) is 0.597. The van der Waals surface area contributed by atoms with Crippen molar-refractivity contribution < 1.29 is 0 Å². The van der Waals surface area contributed by atoms with E-state index in [9.17, 15) is 0 Å². The Morgan fingerprint density at radius 2 is 2.21 bits per heavy atom. The van der Waals surface area contributed by atoms with Crippen LogP contribution in [-0.2, 0) is 0 Å². The predicted molar refractivity (Wildman–Crippen MR) is 67.6 cm³/mol. The summed E-state index contributed by atoms with van der Waals surface area (Å²) in [6.45, 7) is 4.12. The van der Waals surface area contributed by atoms with Gasteiger partial charge in [-0.1, -0.05) is 23.4 Å². The molecule has 5 heteroatoms. The van der Waals surface area contributed by atoms with E-state index in [2.05, 4.69) is 34.8 Å². The minimum Gasteiger partial charge on any atom is -0.247 e. The number of nitrogens with zero attached hydrogens (tertiary/aromatic N) is 1. The molecule has 0 unspecified atom stereocenters. The van der Waals surface area contributed by atoms with Gasteiger partial charge in [0.25, 0.3) is 0 Å². The van der Waals surface area contributed by atoms with E-state index in [1.807, 2.05) is 6.07 Å². The number of hydrogen-bond donors (Lipinski definition) is 0. The van der Waals surface area contributed by atoms with Gasteiger partial charge in [-0.3, -0.25) is 0 Å². The van der Waals surface area contributed by atoms with E-state index in [-0.39, 0.29) is 4.75 Å². The van der Waals surface area contributed by atoms with E-state index >= 15 is 0 Å². The second-order valence-electron chi connectivity index (χ2n) is 3.44. The summed E-state index contributed by atoms with van der Waals surface area (Å²) in [5.41, 5.74) is 0. The Labute approximate surface area is 107 Å². The summed E-state index contributed by atoms with van der Waals surface area (Å²) in [5, 5.41) is 1.48. The first-order chi connectivity index (χ1) is 6.44. The number of alkyl halides is 1. The summed E-state index contributed by atoms with van der Waals surface area (Å²) in [6.07, 6.45) is 1.73. The summed E-state index contributed by atoms with van der Waals surface area (Å²) in [6, 6.07) is 1.83. The molecule has 0 amide bonds. The van der Waals surface area contributed by atoms with Crippen LogP contribution in [0.5, 0.6) is 0 Å². The maximum Gasteiger partial charge on any atom is 0.115 e. The smallest absolute Gasteiger partial charge is 0.115 e. The van der Waals surface area contributed by atoms with Gasteiger partial charge in [0, 0.05) is 21.3 Å². The summed E-state index contributed by atoms with van der Waals surface area (Å²) in [4.78, 5) is 4.24. The van der Waals surface area contributed by atoms with Gasteiger partial charge in [-0.2, -0.15) is 0 Å². The zero-order valence-corrected chi connectivity index (χ0v) is 11.8. The lowest BCUT2D eigenvalue weighted by atomic mass is 10.2. The zero-order valence-electron chi connectivity index (χ0n) is 7.85. The van der Waals surface area contributed by atoms with Crippen LogP contribution in [-0.4, -0.2) is 15.6 Å². The Morgan fingerprint density at radius 1 is 1.57 bits per heavy atom. The van der Waals surface area contributed by atoms with Crippen LogP contribution in [0.25, 0.3) is 0 Å². The third-order valence-corrected chi connectivity index (χ3v) is 4.34. The molecule has 1 aromatic heterocycles. The fraction of sp³-hybridized carbons (Fsp3) is 0.444. The second-order valence-corrected chi connectivity index (χ2v) is 6.72. The Hall–Kier alpha value is 0.560. The molecule has 0 aromatic carbocycles. The molecule has 0 N–H and O–H groups in total. The van der Waals surface area contributed by atoms with E-state index < -0.39 is 0 Å². The maximum absolute atomic E-state index is 6.04. The first-order valence-electron chi connectivity index (χ1n) is 4.00. The van der Waals surface area contributed by atoms with E-state index in [0.717, 1.165) is 9.50 Å². The summed E-state index contributed by atoms with van der Waals surface area (Å²) < 4.78 is 0.835. The molecule has 1 aromatic rings. The molecule has 0 fully saturated rings. The van der Waals surface area contributed by atoms with Gasteiger partial charge in [-0.25, -0.2) is 4.98 Å². The normalized spacial score (nSPS) is 11.8. The van der Waals surface area contributed by atoms with Crippen molar-refractivity contribution in [1.29, 1.82) is 0 Å². The third-order valence-electron chi connectivity index (χ3n) is 1.47. The molecule has 0 saturated heterocycles. The van der Waals surface area contributed by atoms with E-state index in [0.29, 0.717) is 10.9 Å². The minimum absolute atomic E-state index is 0.0496. The van der Waals surface area contributed by atoms with Crippen molar-refractivity contribution >= 4 is 50.9 Å². The number of thioether (sulfide) groups is 1. The van der Waals surface area contributed by atoms with Gasteiger partial charge in [-0.05, 0) is 35.8 Å². The van der Waals surface area contributed by atoms with Crippen molar-refractivity contribution in [1.82, 2.24) is 4.98 Å². The number of pyridine rings is 1. The largest absolute Gasteiger partial charge is 0.247 e. The van der Waals surface area contributed by atoms with Crippen LogP contribution in [0.15, 0.2) is 21.8 Å². The first kappa shape index (κ1) is 12.6. The molecule has 0 aliphatic carbocycles. The van der Waals surface area contributed by atoms with Gasteiger partial charge in [0.05, 0.1) is 5.02 Å². The predicted octanol–water partition coefficient (Wildman–Crippen LogP) is 4.61. The van der Waals surface area contributed by atoms with Crippen LogP contribution in [0.1, 0.15) is 13.8 Å². The fourth-order valence-corrected chi connectivity index (χ4v) is 2.51. The highest BCUT2D eigenvalue weighted by Crippen LogP contribution is 2.36. The van der Waals surface area contributed by atoms with E-state index in [4.69, 9.17) is 23.2 Å². The molecule has 0 aliphatic rings. The Balaban J connectivity index is 2.87. The number of rotatable bonds is 3.